The van der Waals surface area contributed by atoms with Crippen molar-refractivity contribution < 1.29 is 4.39 Å². The third kappa shape index (κ3) is 5.84. The van der Waals surface area contributed by atoms with Crippen molar-refractivity contribution in [2.24, 2.45) is 0 Å². The molecule has 0 heterocycles. The molecule has 0 saturated heterocycles. The minimum atomic E-state index is -1.20. The molecule has 64 valence electrons. The summed E-state index contributed by atoms with van der Waals surface area (Å²) >= 11 is 0. The molecule has 0 aromatic heterocycles. The van der Waals surface area contributed by atoms with Crippen LogP contribution in [0, 0.1) is 0 Å². The number of rotatable bonds is 4. The van der Waals surface area contributed by atoms with Gasteiger partial charge < -0.3 is 0 Å². The highest BCUT2D eigenvalue weighted by Crippen LogP contribution is 2.18. The Morgan fingerprint density at radius 2 is 2.09 bits per heavy atom. The van der Waals surface area contributed by atoms with Crippen LogP contribution in [0.3, 0.4) is 0 Å². The molecule has 0 radical (unpaired) electrons. The SMILES string of the molecule is C=C[C@](C)(F)CCC=C(C)C. The first-order valence-electron chi connectivity index (χ1n) is 3.94. The van der Waals surface area contributed by atoms with Crippen LogP contribution in [0.2, 0.25) is 0 Å². The van der Waals surface area contributed by atoms with Gasteiger partial charge in [-0.15, -0.1) is 0 Å². The lowest BCUT2D eigenvalue weighted by Gasteiger charge is -2.13. The first kappa shape index (κ1) is 10.4. The molecule has 1 atom stereocenters. The van der Waals surface area contributed by atoms with Crippen molar-refractivity contribution in [3.8, 4) is 0 Å². The first-order valence-corrected chi connectivity index (χ1v) is 3.94. The van der Waals surface area contributed by atoms with E-state index in [-0.39, 0.29) is 0 Å². The Hall–Kier alpha value is -0.590. The molecule has 1 heteroatoms. The van der Waals surface area contributed by atoms with E-state index >= 15 is 0 Å². The van der Waals surface area contributed by atoms with Crippen LogP contribution >= 0.6 is 0 Å². The smallest absolute Gasteiger partial charge is 0.126 e. The molecule has 0 aliphatic rings. The van der Waals surface area contributed by atoms with Crippen LogP contribution in [0.15, 0.2) is 24.3 Å². The number of alkyl halides is 1. The van der Waals surface area contributed by atoms with Gasteiger partial charge in [0.2, 0.25) is 0 Å². The van der Waals surface area contributed by atoms with Gasteiger partial charge in [-0.1, -0.05) is 24.3 Å². The number of hydrogen-bond acceptors (Lipinski definition) is 0. The Bertz CT molecular complexity index is 150. The van der Waals surface area contributed by atoms with Gasteiger partial charge >= 0.3 is 0 Å². The summed E-state index contributed by atoms with van der Waals surface area (Å²) < 4.78 is 13.1. The minimum absolute atomic E-state index is 0.529. The fourth-order valence-corrected chi connectivity index (χ4v) is 0.745. The molecular formula is C10H17F. The summed E-state index contributed by atoms with van der Waals surface area (Å²) in [5.41, 5.74) is 0.0382. The maximum absolute atomic E-state index is 13.1. The average Bonchev–Trinajstić information content (AvgIpc) is 1.87. The second-order valence-corrected chi connectivity index (χ2v) is 3.30. The van der Waals surface area contributed by atoms with Crippen LogP contribution in [0.1, 0.15) is 33.6 Å². The highest BCUT2D eigenvalue weighted by molar-refractivity contribution is 4.98. The van der Waals surface area contributed by atoms with E-state index in [2.05, 4.69) is 6.58 Å². The molecular weight excluding hydrogens is 139 g/mol. The number of halogens is 1. The summed E-state index contributed by atoms with van der Waals surface area (Å²) in [5.74, 6) is 0. The maximum Gasteiger partial charge on any atom is 0.126 e. The fraction of sp³-hybridized carbons (Fsp3) is 0.600. The van der Waals surface area contributed by atoms with Crippen LogP contribution in [0.25, 0.3) is 0 Å². The molecule has 0 aromatic carbocycles. The standard InChI is InChI=1S/C10H17F/c1-5-10(4,11)8-6-7-9(2)3/h5,7H,1,6,8H2,2-4H3/t10-/m0/s1. The summed E-state index contributed by atoms with van der Waals surface area (Å²) in [5, 5.41) is 0. The zero-order chi connectivity index (χ0) is 8.91. The number of hydrogen-bond donors (Lipinski definition) is 0. The normalized spacial score (nSPS) is 15.3. The largest absolute Gasteiger partial charge is 0.240 e. The van der Waals surface area contributed by atoms with Gasteiger partial charge in [-0.25, -0.2) is 4.39 Å². The predicted octanol–water partition coefficient (Wildman–Crippen LogP) is 3.65. The van der Waals surface area contributed by atoms with E-state index in [1.54, 1.807) is 6.92 Å². The third-order valence-electron chi connectivity index (χ3n) is 1.61. The predicted molar refractivity (Wildman–Crippen MR) is 48.4 cm³/mol. The van der Waals surface area contributed by atoms with Gasteiger partial charge in [-0.2, -0.15) is 0 Å². The third-order valence-corrected chi connectivity index (χ3v) is 1.61. The van der Waals surface area contributed by atoms with Crippen molar-refractivity contribution in [1.29, 1.82) is 0 Å². The lowest BCUT2D eigenvalue weighted by Crippen LogP contribution is -2.12. The van der Waals surface area contributed by atoms with Gasteiger partial charge in [-0.3, -0.25) is 0 Å². The lowest BCUT2D eigenvalue weighted by atomic mass is 10.0. The van der Waals surface area contributed by atoms with Crippen molar-refractivity contribution >= 4 is 0 Å². The van der Waals surface area contributed by atoms with Crippen LogP contribution in [0.5, 0.6) is 0 Å². The fourth-order valence-electron chi connectivity index (χ4n) is 0.745. The summed E-state index contributed by atoms with van der Waals surface area (Å²) in [4.78, 5) is 0. The molecule has 0 amide bonds. The zero-order valence-electron chi connectivity index (χ0n) is 7.65. The second-order valence-electron chi connectivity index (χ2n) is 3.30. The molecule has 0 aliphatic heterocycles. The van der Waals surface area contributed by atoms with E-state index in [1.165, 1.54) is 11.6 Å². The van der Waals surface area contributed by atoms with Crippen LogP contribution in [0.4, 0.5) is 4.39 Å². The lowest BCUT2D eigenvalue weighted by molar-refractivity contribution is 0.243. The second kappa shape index (κ2) is 4.32. The topological polar surface area (TPSA) is 0 Å². The molecule has 0 rings (SSSR count). The molecule has 0 bridgehead atoms. The molecule has 0 nitrogen and oxygen atoms in total. The molecule has 0 unspecified atom stereocenters. The Balaban J connectivity index is 3.71. The highest BCUT2D eigenvalue weighted by Gasteiger charge is 2.15. The van der Waals surface area contributed by atoms with Crippen molar-refractivity contribution in [1.82, 2.24) is 0 Å². The molecule has 11 heavy (non-hydrogen) atoms. The molecule has 0 aliphatic carbocycles. The van der Waals surface area contributed by atoms with Gasteiger partial charge in [0.1, 0.15) is 5.67 Å². The maximum atomic E-state index is 13.1. The zero-order valence-corrected chi connectivity index (χ0v) is 7.65. The monoisotopic (exact) mass is 156 g/mol. The van der Waals surface area contributed by atoms with Crippen molar-refractivity contribution in [3.63, 3.8) is 0 Å². The summed E-state index contributed by atoms with van der Waals surface area (Å²) in [6.45, 7) is 9.02. The van der Waals surface area contributed by atoms with E-state index in [0.717, 1.165) is 6.42 Å². The van der Waals surface area contributed by atoms with E-state index in [1.807, 2.05) is 19.9 Å². The van der Waals surface area contributed by atoms with E-state index < -0.39 is 5.67 Å². The van der Waals surface area contributed by atoms with Gasteiger partial charge in [0.25, 0.3) is 0 Å². The van der Waals surface area contributed by atoms with E-state index in [0.29, 0.717) is 6.42 Å². The first-order chi connectivity index (χ1) is 4.98. The Morgan fingerprint density at radius 1 is 1.55 bits per heavy atom. The van der Waals surface area contributed by atoms with E-state index in [9.17, 15) is 4.39 Å². The molecule has 0 spiro atoms. The van der Waals surface area contributed by atoms with Crippen molar-refractivity contribution in [2.75, 3.05) is 0 Å². The molecule has 0 aromatic rings. The summed E-state index contributed by atoms with van der Waals surface area (Å²) in [6, 6.07) is 0. The van der Waals surface area contributed by atoms with Crippen molar-refractivity contribution in [3.05, 3.63) is 24.3 Å². The van der Waals surface area contributed by atoms with Gasteiger partial charge in [0.05, 0.1) is 0 Å². The molecule has 0 N–H and O–H groups in total. The Labute approximate surface area is 68.8 Å². The van der Waals surface area contributed by atoms with Gasteiger partial charge in [0, 0.05) is 0 Å². The Kier molecular flexibility index (Phi) is 4.09. The molecule has 0 saturated carbocycles. The van der Waals surface area contributed by atoms with Crippen LogP contribution in [-0.2, 0) is 0 Å². The molecule has 0 fully saturated rings. The minimum Gasteiger partial charge on any atom is -0.240 e. The van der Waals surface area contributed by atoms with Gasteiger partial charge in [0.15, 0.2) is 0 Å². The highest BCUT2D eigenvalue weighted by atomic mass is 19.1. The van der Waals surface area contributed by atoms with Crippen LogP contribution in [-0.4, -0.2) is 5.67 Å². The average molecular weight is 156 g/mol. The summed E-state index contributed by atoms with van der Waals surface area (Å²) in [7, 11) is 0. The quantitative estimate of drug-likeness (QED) is 0.545. The van der Waals surface area contributed by atoms with Crippen molar-refractivity contribution in [2.45, 2.75) is 39.3 Å². The summed E-state index contributed by atoms with van der Waals surface area (Å²) in [6.07, 6.45) is 4.73. The van der Waals surface area contributed by atoms with E-state index in [4.69, 9.17) is 0 Å². The van der Waals surface area contributed by atoms with Gasteiger partial charge in [-0.05, 0) is 33.6 Å². The number of allylic oxidation sites excluding steroid dienone is 3. The van der Waals surface area contributed by atoms with Crippen LogP contribution < -0.4 is 0 Å². The Morgan fingerprint density at radius 3 is 2.45 bits per heavy atom.